The average molecular weight is 281 g/mol. The maximum atomic E-state index is 6.03. The Labute approximate surface area is 117 Å². The number of imidazole rings is 1. The van der Waals surface area contributed by atoms with Crippen molar-refractivity contribution >= 4 is 34.9 Å². The predicted octanol–water partition coefficient (Wildman–Crippen LogP) is 5.10. The first kappa shape index (κ1) is 12.2. The molecular formula is C14H17ClN2S. The number of halogens is 1. The standard InChI is InChI=1S/C14H17ClN2S/c1-9-4-2-3-5-12(9)17-13-7-6-10(15)8-11(13)16-14(17)18/h6-9,12H,2-5H2,1H3,(H,16,18). The Kier molecular flexibility index (Phi) is 3.20. The smallest absolute Gasteiger partial charge is 0.178 e. The van der Waals surface area contributed by atoms with Gasteiger partial charge in [0.25, 0.3) is 0 Å². The number of hydrogen-bond acceptors (Lipinski definition) is 1. The molecule has 2 aromatic rings. The molecule has 1 saturated carbocycles. The lowest BCUT2D eigenvalue weighted by molar-refractivity contribution is 0.260. The Morgan fingerprint density at radius 2 is 2.11 bits per heavy atom. The Morgan fingerprint density at radius 1 is 1.33 bits per heavy atom. The third-order valence-corrected chi connectivity index (χ3v) is 4.61. The fourth-order valence-electron chi connectivity index (χ4n) is 3.11. The van der Waals surface area contributed by atoms with Crippen molar-refractivity contribution in [3.05, 3.63) is 28.0 Å². The zero-order valence-electron chi connectivity index (χ0n) is 10.4. The highest BCUT2D eigenvalue weighted by Gasteiger charge is 2.24. The number of nitrogens with one attached hydrogen (secondary N) is 1. The largest absolute Gasteiger partial charge is 0.331 e. The number of hydrogen-bond donors (Lipinski definition) is 1. The first-order valence-electron chi connectivity index (χ1n) is 6.56. The van der Waals surface area contributed by atoms with E-state index in [-0.39, 0.29) is 0 Å². The SMILES string of the molecule is CC1CCCCC1n1c(=S)[nH]c2cc(Cl)ccc21. The van der Waals surface area contributed by atoms with Gasteiger partial charge in [0.15, 0.2) is 4.77 Å². The van der Waals surface area contributed by atoms with Gasteiger partial charge in [-0.2, -0.15) is 0 Å². The minimum Gasteiger partial charge on any atom is -0.331 e. The molecule has 0 saturated heterocycles. The summed E-state index contributed by atoms with van der Waals surface area (Å²) in [6, 6.07) is 6.50. The summed E-state index contributed by atoms with van der Waals surface area (Å²) in [5.74, 6) is 0.695. The number of aromatic amines is 1. The molecule has 1 aromatic carbocycles. The Hall–Kier alpha value is -0.800. The van der Waals surface area contributed by atoms with Crippen LogP contribution < -0.4 is 0 Å². The summed E-state index contributed by atoms with van der Waals surface area (Å²) in [5.41, 5.74) is 2.23. The first-order valence-corrected chi connectivity index (χ1v) is 7.35. The van der Waals surface area contributed by atoms with Crippen LogP contribution in [-0.2, 0) is 0 Å². The van der Waals surface area contributed by atoms with Gasteiger partial charge in [-0.1, -0.05) is 31.4 Å². The van der Waals surface area contributed by atoms with E-state index < -0.39 is 0 Å². The van der Waals surface area contributed by atoms with Gasteiger partial charge < -0.3 is 9.55 Å². The van der Waals surface area contributed by atoms with E-state index in [2.05, 4.69) is 22.5 Å². The fourth-order valence-corrected chi connectivity index (χ4v) is 3.63. The van der Waals surface area contributed by atoms with E-state index in [0.717, 1.165) is 15.3 Å². The van der Waals surface area contributed by atoms with Crippen molar-refractivity contribution < 1.29 is 0 Å². The predicted molar refractivity (Wildman–Crippen MR) is 78.8 cm³/mol. The molecule has 2 nitrogen and oxygen atoms in total. The Balaban J connectivity index is 2.16. The van der Waals surface area contributed by atoms with Gasteiger partial charge in [0.1, 0.15) is 0 Å². The van der Waals surface area contributed by atoms with Crippen LogP contribution in [0.25, 0.3) is 11.0 Å². The number of H-pyrrole nitrogens is 1. The molecule has 0 spiro atoms. The maximum Gasteiger partial charge on any atom is 0.178 e. The van der Waals surface area contributed by atoms with Crippen LogP contribution in [0.4, 0.5) is 0 Å². The highest BCUT2D eigenvalue weighted by Crippen LogP contribution is 2.36. The fraction of sp³-hybridized carbons (Fsp3) is 0.500. The summed E-state index contributed by atoms with van der Waals surface area (Å²) in [6.45, 7) is 2.33. The van der Waals surface area contributed by atoms with Crippen LogP contribution in [0, 0.1) is 10.7 Å². The molecular weight excluding hydrogens is 264 g/mol. The number of benzene rings is 1. The normalized spacial score (nSPS) is 24.6. The van der Waals surface area contributed by atoms with Gasteiger partial charge in [-0.3, -0.25) is 0 Å². The van der Waals surface area contributed by atoms with E-state index in [9.17, 15) is 0 Å². The third-order valence-electron chi connectivity index (χ3n) is 4.08. The van der Waals surface area contributed by atoms with E-state index in [0.29, 0.717) is 12.0 Å². The molecule has 0 aliphatic heterocycles. The van der Waals surface area contributed by atoms with Crippen LogP contribution in [0.5, 0.6) is 0 Å². The lowest BCUT2D eigenvalue weighted by Gasteiger charge is -2.30. The van der Waals surface area contributed by atoms with Crippen molar-refractivity contribution in [3.8, 4) is 0 Å². The molecule has 1 heterocycles. The first-order chi connectivity index (χ1) is 8.66. The molecule has 1 fully saturated rings. The van der Waals surface area contributed by atoms with Crippen LogP contribution in [-0.4, -0.2) is 9.55 Å². The zero-order chi connectivity index (χ0) is 12.7. The van der Waals surface area contributed by atoms with Crippen molar-refractivity contribution in [1.29, 1.82) is 0 Å². The molecule has 18 heavy (non-hydrogen) atoms. The van der Waals surface area contributed by atoms with Crippen molar-refractivity contribution in [2.45, 2.75) is 38.6 Å². The van der Waals surface area contributed by atoms with E-state index in [1.165, 1.54) is 31.2 Å². The van der Waals surface area contributed by atoms with E-state index >= 15 is 0 Å². The molecule has 0 amide bonds. The average Bonchev–Trinajstić information content (AvgIpc) is 2.65. The maximum absolute atomic E-state index is 6.03. The second-order valence-corrected chi connectivity index (χ2v) is 6.11. The number of aromatic nitrogens is 2. The molecule has 1 aromatic heterocycles. The molecule has 96 valence electrons. The van der Waals surface area contributed by atoms with Gasteiger partial charge in [-0.15, -0.1) is 0 Å². The molecule has 1 aliphatic rings. The molecule has 4 heteroatoms. The minimum absolute atomic E-state index is 0.529. The highest BCUT2D eigenvalue weighted by atomic mass is 35.5. The Morgan fingerprint density at radius 3 is 2.89 bits per heavy atom. The summed E-state index contributed by atoms with van der Waals surface area (Å²) in [7, 11) is 0. The van der Waals surface area contributed by atoms with Crippen LogP contribution in [0.3, 0.4) is 0 Å². The molecule has 2 atom stereocenters. The monoisotopic (exact) mass is 280 g/mol. The molecule has 0 radical (unpaired) electrons. The van der Waals surface area contributed by atoms with Crippen molar-refractivity contribution in [2.24, 2.45) is 5.92 Å². The van der Waals surface area contributed by atoms with E-state index in [1.807, 2.05) is 12.1 Å². The zero-order valence-corrected chi connectivity index (χ0v) is 12.0. The second kappa shape index (κ2) is 4.71. The van der Waals surface area contributed by atoms with E-state index in [4.69, 9.17) is 23.8 Å². The summed E-state index contributed by atoms with van der Waals surface area (Å²) in [6.07, 6.45) is 5.17. The summed E-state index contributed by atoms with van der Waals surface area (Å²) in [4.78, 5) is 3.28. The quantitative estimate of drug-likeness (QED) is 0.721. The Bertz CT molecular complexity index is 628. The van der Waals surface area contributed by atoms with Gasteiger partial charge in [-0.05, 0) is 49.2 Å². The van der Waals surface area contributed by atoms with Crippen molar-refractivity contribution in [1.82, 2.24) is 9.55 Å². The molecule has 3 rings (SSSR count). The van der Waals surface area contributed by atoms with Crippen LogP contribution in [0.2, 0.25) is 5.02 Å². The summed E-state index contributed by atoms with van der Waals surface area (Å²) >= 11 is 11.5. The van der Waals surface area contributed by atoms with Gasteiger partial charge in [0.2, 0.25) is 0 Å². The number of nitrogens with zero attached hydrogens (tertiary/aromatic N) is 1. The lowest BCUT2D eigenvalue weighted by Crippen LogP contribution is -2.21. The van der Waals surface area contributed by atoms with Crippen molar-refractivity contribution in [2.75, 3.05) is 0 Å². The van der Waals surface area contributed by atoms with Crippen LogP contribution >= 0.6 is 23.8 Å². The molecule has 0 bridgehead atoms. The van der Waals surface area contributed by atoms with Crippen molar-refractivity contribution in [3.63, 3.8) is 0 Å². The van der Waals surface area contributed by atoms with Gasteiger partial charge in [0.05, 0.1) is 11.0 Å². The lowest BCUT2D eigenvalue weighted by atomic mass is 9.86. The van der Waals surface area contributed by atoms with Gasteiger partial charge in [0, 0.05) is 11.1 Å². The summed E-state index contributed by atoms with van der Waals surface area (Å²) in [5, 5.41) is 0.752. The number of fused-ring (bicyclic) bond motifs is 1. The minimum atomic E-state index is 0.529. The van der Waals surface area contributed by atoms with Crippen LogP contribution in [0.15, 0.2) is 18.2 Å². The topological polar surface area (TPSA) is 20.7 Å². The molecule has 1 N–H and O–H groups in total. The van der Waals surface area contributed by atoms with Crippen LogP contribution in [0.1, 0.15) is 38.6 Å². The molecule has 1 aliphatic carbocycles. The number of rotatable bonds is 1. The summed E-state index contributed by atoms with van der Waals surface area (Å²) < 4.78 is 3.12. The highest BCUT2D eigenvalue weighted by molar-refractivity contribution is 7.71. The second-order valence-electron chi connectivity index (χ2n) is 5.29. The third kappa shape index (κ3) is 1.99. The van der Waals surface area contributed by atoms with E-state index in [1.54, 1.807) is 0 Å². The molecule has 2 unspecified atom stereocenters. The van der Waals surface area contributed by atoms with Gasteiger partial charge >= 0.3 is 0 Å². The van der Waals surface area contributed by atoms with Gasteiger partial charge in [-0.25, -0.2) is 0 Å².